The number of hydrogen-bond acceptors (Lipinski definition) is 4. The first-order chi connectivity index (χ1) is 16.3. The fourth-order valence-corrected chi connectivity index (χ4v) is 5.08. The van der Waals surface area contributed by atoms with Crippen LogP contribution in [0, 0.1) is 5.92 Å². The Bertz CT molecular complexity index is 799. The summed E-state index contributed by atoms with van der Waals surface area (Å²) in [6.45, 7) is 16.3. The smallest absolute Gasteiger partial charge is 0.125 e. The average molecular weight is 471 g/mol. The Kier molecular flexibility index (Phi) is 10.9. The second-order valence-electron chi connectivity index (χ2n) is 9.74. The van der Waals surface area contributed by atoms with Crippen molar-refractivity contribution in [3.05, 3.63) is 57.6 Å². The molecule has 0 amide bonds. The first-order valence-electron chi connectivity index (χ1n) is 13.1. The van der Waals surface area contributed by atoms with Crippen LogP contribution in [0.25, 0.3) is 0 Å². The topological polar surface area (TPSA) is 58.9 Å². The fourth-order valence-electron chi connectivity index (χ4n) is 5.08. The third-order valence-electron chi connectivity index (χ3n) is 6.78. The van der Waals surface area contributed by atoms with Gasteiger partial charge in [0.05, 0.1) is 13.2 Å². The van der Waals surface area contributed by atoms with Gasteiger partial charge >= 0.3 is 0 Å². The number of aliphatic hydroxyl groups excluding tert-OH is 2. The maximum absolute atomic E-state index is 9.31. The van der Waals surface area contributed by atoms with Gasteiger partial charge in [0.25, 0.3) is 0 Å². The Hall–Kier alpha value is -2.04. The van der Waals surface area contributed by atoms with E-state index in [2.05, 4.69) is 72.7 Å². The maximum Gasteiger partial charge on any atom is 0.125 e. The molecule has 0 aliphatic rings. The highest BCUT2D eigenvalue weighted by Gasteiger charge is 2.33. The van der Waals surface area contributed by atoms with Crippen LogP contribution in [0.5, 0.6) is 11.5 Å². The van der Waals surface area contributed by atoms with Gasteiger partial charge in [-0.15, -0.1) is 0 Å². The van der Waals surface area contributed by atoms with Gasteiger partial charge in [-0.2, -0.15) is 0 Å². The number of aryl methyl sites for hydroxylation is 4. The van der Waals surface area contributed by atoms with Crippen molar-refractivity contribution < 1.29 is 19.7 Å². The average Bonchev–Trinajstić information content (AvgIpc) is 2.84. The molecule has 0 aliphatic heterocycles. The molecule has 4 heteroatoms. The van der Waals surface area contributed by atoms with E-state index in [0.29, 0.717) is 19.1 Å². The van der Waals surface area contributed by atoms with Crippen molar-refractivity contribution in [1.29, 1.82) is 0 Å². The van der Waals surface area contributed by atoms with Crippen LogP contribution in [0.3, 0.4) is 0 Å². The summed E-state index contributed by atoms with van der Waals surface area (Å²) < 4.78 is 12.0. The Morgan fingerprint density at radius 1 is 0.676 bits per heavy atom. The van der Waals surface area contributed by atoms with Crippen LogP contribution in [-0.4, -0.2) is 36.6 Å². The van der Waals surface area contributed by atoms with Gasteiger partial charge in [0.1, 0.15) is 24.7 Å². The van der Waals surface area contributed by atoms with Crippen LogP contribution in [-0.2, 0) is 31.1 Å². The second kappa shape index (κ2) is 13.2. The molecule has 2 aromatic carbocycles. The first-order valence-corrected chi connectivity index (χ1v) is 13.1. The lowest BCUT2D eigenvalue weighted by molar-refractivity contribution is 0.199. The molecular formula is C30H46O4. The van der Waals surface area contributed by atoms with E-state index >= 15 is 0 Å². The van der Waals surface area contributed by atoms with Crippen molar-refractivity contribution in [3.8, 4) is 11.5 Å². The quantitative estimate of drug-likeness (QED) is 0.354. The monoisotopic (exact) mass is 470 g/mol. The van der Waals surface area contributed by atoms with Gasteiger partial charge in [-0.05, 0) is 71.4 Å². The van der Waals surface area contributed by atoms with Crippen molar-refractivity contribution >= 4 is 0 Å². The molecule has 34 heavy (non-hydrogen) atoms. The molecule has 4 nitrogen and oxygen atoms in total. The van der Waals surface area contributed by atoms with Gasteiger partial charge < -0.3 is 19.7 Å². The molecule has 0 unspecified atom stereocenters. The highest BCUT2D eigenvalue weighted by atomic mass is 16.5. The summed E-state index contributed by atoms with van der Waals surface area (Å²) >= 11 is 0. The van der Waals surface area contributed by atoms with E-state index in [1.54, 1.807) is 0 Å². The molecule has 0 spiro atoms. The standard InChI is InChI=1S/C30H46O4/c1-8-22-16-26(17-23(9-2)28(22)33-14-12-31)30(7,20-21(5)6)27-18-24(10-3)29(34-15-13-32)25(11-4)19-27/h16-19,21,31-32H,8-15,20H2,1-7H3. The maximum atomic E-state index is 9.31. The number of ether oxygens (including phenoxy) is 2. The predicted octanol–water partition coefficient (Wildman–Crippen LogP) is 6.03. The van der Waals surface area contributed by atoms with Crippen molar-refractivity contribution in [2.45, 2.75) is 86.0 Å². The molecule has 0 aliphatic carbocycles. The number of aliphatic hydroxyl groups is 2. The SMILES string of the molecule is CCc1cc(C(C)(CC(C)C)c2cc(CC)c(OCCO)c(CC)c2)cc(CC)c1OCCO. The number of benzene rings is 2. The van der Waals surface area contributed by atoms with E-state index in [9.17, 15) is 10.2 Å². The minimum atomic E-state index is -0.166. The highest BCUT2D eigenvalue weighted by molar-refractivity contribution is 5.53. The zero-order valence-corrected chi connectivity index (χ0v) is 22.5. The fraction of sp³-hybridized carbons (Fsp3) is 0.600. The lowest BCUT2D eigenvalue weighted by atomic mass is 9.69. The Morgan fingerprint density at radius 3 is 1.24 bits per heavy atom. The van der Waals surface area contributed by atoms with E-state index < -0.39 is 0 Å². The first kappa shape index (κ1) is 28.2. The van der Waals surface area contributed by atoms with Gasteiger partial charge in [0.15, 0.2) is 0 Å². The Balaban J connectivity index is 2.76. The minimum Gasteiger partial charge on any atom is -0.491 e. The molecule has 2 aromatic rings. The van der Waals surface area contributed by atoms with Crippen molar-refractivity contribution in [2.24, 2.45) is 5.92 Å². The van der Waals surface area contributed by atoms with E-state index in [-0.39, 0.29) is 18.6 Å². The molecule has 2 N–H and O–H groups in total. The molecule has 0 aromatic heterocycles. The Labute approximate surface area is 207 Å². The highest BCUT2D eigenvalue weighted by Crippen LogP contribution is 2.43. The Morgan fingerprint density at radius 2 is 1.00 bits per heavy atom. The summed E-state index contributed by atoms with van der Waals surface area (Å²) in [4.78, 5) is 0. The molecule has 190 valence electrons. The van der Waals surface area contributed by atoms with Crippen LogP contribution in [0.15, 0.2) is 24.3 Å². The summed E-state index contributed by atoms with van der Waals surface area (Å²) in [6.07, 6.45) is 4.56. The van der Waals surface area contributed by atoms with Crippen LogP contribution in [0.1, 0.15) is 88.3 Å². The van der Waals surface area contributed by atoms with Crippen molar-refractivity contribution in [1.82, 2.24) is 0 Å². The molecule has 2 rings (SSSR count). The molecule has 0 saturated carbocycles. The summed E-state index contributed by atoms with van der Waals surface area (Å²) in [5, 5.41) is 18.6. The van der Waals surface area contributed by atoms with Gasteiger partial charge in [-0.3, -0.25) is 0 Å². The number of rotatable bonds is 14. The van der Waals surface area contributed by atoms with Gasteiger partial charge in [0.2, 0.25) is 0 Å². The third-order valence-corrected chi connectivity index (χ3v) is 6.78. The van der Waals surface area contributed by atoms with Crippen molar-refractivity contribution in [3.63, 3.8) is 0 Å². The summed E-state index contributed by atoms with van der Waals surface area (Å²) in [6, 6.07) is 9.28. The van der Waals surface area contributed by atoms with E-state index in [1.807, 2.05) is 0 Å². The van der Waals surface area contributed by atoms with E-state index in [0.717, 1.165) is 43.6 Å². The second-order valence-corrected chi connectivity index (χ2v) is 9.74. The van der Waals surface area contributed by atoms with Crippen molar-refractivity contribution in [2.75, 3.05) is 26.4 Å². The molecular weight excluding hydrogens is 424 g/mol. The summed E-state index contributed by atoms with van der Waals surface area (Å²) in [7, 11) is 0. The van der Waals surface area contributed by atoms with Crippen LogP contribution in [0.2, 0.25) is 0 Å². The van der Waals surface area contributed by atoms with Crippen LogP contribution >= 0.6 is 0 Å². The van der Waals surface area contributed by atoms with Crippen LogP contribution in [0.4, 0.5) is 0 Å². The lowest BCUT2D eigenvalue weighted by Gasteiger charge is -2.35. The molecule has 0 radical (unpaired) electrons. The molecule has 0 bridgehead atoms. The lowest BCUT2D eigenvalue weighted by Crippen LogP contribution is -2.27. The third kappa shape index (κ3) is 6.34. The minimum absolute atomic E-state index is 0.0173. The van der Waals surface area contributed by atoms with Gasteiger partial charge in [-0.1, -0.05) is 72.7 Å². The van der Waals surface area contributed by atoms with E-state index in [4.69, 9.17) is 9.47 Å². The normalized spacial score (nSPS) is 11.8. The largest absolute Gasteiger partial charge is 0.491 e. The molecule has 0 heterocycles. The zero-order valence-electron chi connectivity index (χ0n) is 22.5. The molecule has 0 atom stereocenters. The molecule has 0 fully saturated rings. The summed E-state index contributed by atoms with van der Waals surface area (Å²) in [5.74, 6) is 2.39. The molecule has 0 saturated heterocycles. The predicted molar refractivity (Wildman–Crippen MR) is 141 cm³/mol. The van der Waals surface area contributed by atoms with Crippen LogP contribution < -0.4 is 9.47 Å². The summed E-state index contributed by atoms with van der Waals surface area (Å²) in [5.41, 5.74) is 7.28. The van der Waals surface area contributed by atoms with Gasteiger partial charge in [-0.25, -0.2) is 0 Å². The van der Waals surface area contributed by atoms with Gasteiger partial charge in [0, 0.05) is 5.41 Å². The number of hydrogen-bond donors (Lipinski definition) is 2. The zero-order chi connectivity index (χ0) is 25.3. The van der Waals surface area contributed by atoms with E-state index in [1.165, 1.54) is 33.4 Å².